The zero-order valence-corrected chi connectivity index (χ0v) is 10.5. The number of hydrogen-bond donors (Lipinski definition) is 1. The normalized spacial score (nSPS) is 21.7. The van der Waals surface area contributed by atoms with Crippen LogP contribution in [-0.2, 0) is 0 Å². The molecule has 98 valence electrons. The molecule has 1 aromatic rings. The Bertz CT molecular complexity index is 419. The molecule has 6 heteroatoms. The Balaban J connectivity index is 2.09. The van der Waals surface area contributed by atoms with Crippen LogP contribution in [0.15, 0.2) is 18.3 Å². The summed E-state index contributed by atoms with van der Waals surface area (Å²) in [5.74, 6) is 1.27. The fourth-order valence-electron chi connectivity index (χ4n) is 2.32. The molecule has 0 aromatic carbocycles. The largest absolute Gasteiger partial charge is 0.356 e. The molecule has 6 nitrogen and oxygen atoms in total. The van der Waals surface area contributed by atoms with Crippen LogP contribution < -0.4 is 10.6 Å². The number of hydrogen-bond acceptors (Lipinski definition) is 5. The third-order valence-corrected chi connectivity index (χ3v) is 3.47. The molecule has 2 heterocycles. The summed E-state index contributed by atoms with van der Waals surface area (Å²) in [7, 11) is 0. The van der Waals surface area contributed by atoms with E-state index in [-0.39, 0.29) is 11.7 Å². The fourth-order valence-corrected chi connectivity index (χ4v) is 2.32. The molecule has 2 atom stereocenters. The number of aromatic nitrogens is 1. The van der Waals surface area contributed by atoms with E-state index in [0.717, 1.165) is 31.7 Å². The maximum atomic E-state index is 10.6. The van der Waals surface area contributed by atoms with Crippen LogP contribution in [-0.4, -0.2) is 29.0 Å². The van der Waals surface area contributed by atoms with E-state index in [1.54, 1.807) is 6.07 Å². The maximum Gasteiger partial charge on any atom is 0.287 e. The zero-order chi connectivity index (χ0) is 13.1. The lowest BCUT2D eigenvalue weighted by Gasteiger charge is -2.35. The average Bonchev–Trinajstić information content (AvgIpc) is 2.39. The second-order valence-electron chi connectivity index (χ2n) is 4.84. The standard InChI is InChI=1S/C12H18N4O2/c1-9(13)10-3-2-6-15(8-10)12-5-4-11(7-14-12)16(17)18/h4-5,7,9-10H,2-3,6,8,13H2,1H3. The van der Waals surface area contributed by atoms with Crippen molar-refractivity contribution in [2.45, 2.75) is 25.8 Å². The van der Waals surface area contributed by atoms with Crippen LogP contribution in [0, 0.1) is 16.0 Å². The van der Waals surface area contributed by atoms with Gasteiger partial charge in [-0.25, -0.2) is 4.98 Å². The number of piperidine rings is 1. The lowest BCUT2D eigenvalue weighted by Crippen LogP contribution is -2.42. The summed E-state index contributed by atoms with van der Waals surface area (Å²) in [6.07, 6.45) is 3.54. The highest BCUT2D eigenvalue weighted by molar-refractivity contribution is 5.43. The Morgan fingerprint density at radius 3 is 2.94 bits per heavy atom. The predicted octanol–water partition coefficient (Wildman–Crippen LogP) is 1.55. The molecular weight excluding hydrogens is 232 g/mol. The van der Waals surface area contributed by atoms with Gasteiger partial charge in [-0.2, -0.15) is 0 Å². The van der Waals surface area contributed by atoms with Gasteiger partial charge in [0, 0.05) is 25.2 Å². The molecular formula is C12H18N4O2. The van der Waals surface area contributed by atoms with Gasteiger partial charge in [0.05, 0.1) is 4.92 Å². The molecule has 0 bridgehead atoms. The minimum Gasteiger partial charge on any atom is -0.356 e. The van der Waals surface area contributed by atoms with Crippen LogP contribution in [0.2, 0.25) is 0 Å². The molecule has 1 aromatic heterocycles. The Hall–Kier alpha value is -1.69. The first-order valence-electron chi connectivity index (χ1n) is 6.19. The second kappa shape index (κ2) is 5.30. The third kappa shape index (κ3) is 2.76. The van der Waals surface area contributed by atoms with Gasteiger partial charge >= 0.3 is 0 Å². The Kier molecular flexibility index (Phi) is 3.76. The number of anilines is 1. The molecule has 1 aliphatic heterocycles. The summed E-state index contributed by atoms with van der Waals surface area (Å²) in [4.78, 5) is 16.4. The quantitative estimate of drug-likeness (QED) is 0.650. The summed E-state index contributed by atoms with van der Waals surface area (Å²) in [5, 5.41) is 10.6. The molecule has 0 amide bonds. The van der Waals surface area contributed by atoms with Crippen LogP contribution in [0.3, 0.4) is 0 Å². The molecule has 1 aliphatic rings. The van der Waals surface area contributed by atoms with Crippen LogP contribution >= 0.6 is 0 Å². The van der Waals surface area contributed by atoms with Gasteiger partial charge < -0.3 is 10.6 Å². The first kappa shape index (κ1) is 12.8. The summed E-state index contributed by atoms with van der Waals surface area (Å²) < 4.78 is 0. The monoisotopic (exact) mass is 250 g/mol. The molecule has 0 saturated carbocycles. The molecule has 2 N–H and O–H groups in total. The van der Waals surface area contributed by atoms with E-state index < -0.39 is 4.92 Å². The van der Waals surface area contributed by atoms with Crippen molar-refractivity contribution in [3.63, 3.8) is 0 Å². The van der Waals surface area contributed by atoms with E-state index in [0.29, 0.717) is 5.92 Å². The van der Waals surface area contributed by atoms with Crippen molar-refractivity contribution in [2.75, 3.05) is 18.0 Å². The topological polar surface area (TPSA) is 85.3 Å². The van der Waals surface area contributed by atoms with Crippen molar-refractivity contribution in [1.82, 2.24) is 4.98 Å². The lowest BCUT2D eigenvalue weighted by molar-refractivity contribution is -0.385. The van der Waals surface area contributed by atoms with Gasteiger partial charge in [0.15, 0.2) is 0 Å². The highest BCUT2D eigenvalue weighted by atomic mass is 16.6. The Labute approximate surface area is 106 Å². The van der Waals surface area contributed by atoms with Crippen molar-refractivity contribution in [3.05, 3.63) is 28.4 Å². The molecule has 2 unspecified atom stereocenters. The Morgan fingerprint density at radius 1 is 1.61 bits per heavy atom. The van der Waals surface area contributed by atoms with Gasteiger partial charge in [-0.15, -0.1) is 0 Å². The van der Waals surface area contributed by atoms with E-state index in [1.807, 2.05) is 6.92 Å². The number of rotatable bonds is 3. The minimum absolute atomic E-state index is 0.0273. The second-order valence-corrected chi connectivity index (χ2v) is 4.84. The summed E-state index contributed by atoms with van der Waals surface area (Å²) in [5.41, 5.74) is 5.96. The van der Waals surface area contributed by atoms with Crippen molar-refractivity contribution >= 4 is 11.5 Å². The predicted molar refractivity (Wildman–Crippen MR) is 69.5 cm³/mol. The first-order valence-corrected chi connectivity index (χ1v) is 6.19. The number of nitrogens with zero attached hydrogens (tertiary/aromatic N) is 3. The highest BCUT2D eigenvalue weighted by Crippen LogP contribution is 2.24. The van der Waals surface area contributed by atoms with Gasteiger partial charge in [-0.3, -0.25) is 10.1 Å². The molecule has 18 heavy (non-hydrogen) atoms. The van der Waals surface area contributed by atoms with Gasteiger partial charge in [-0.1, -0.05) is 0 Å². The van der Waals surface area contributed by atoms with Crippen LogP contribution in [0.1, 0.15) is 19.8 Å². The van der Waals surface area contributed by atoms with Gasteiger partial charge in [0.25, 0.3) is 5.69 Å². The third-order valence-electron chi connectivity index (χ3n) is 3.47. The summed E-state index contributed by atoms with van der Waals surface area (Å²) in [6, 6.07) is 3.38. The van der Waals surface area contributed by atoms with Crippen molar-refractivity contribution in [1.29, 1.82) is 0 Å². The van der Waals surface area contributed by atoms with Crippen molar-refractivity contribution in [3.8, 4) is 0 Å². The van der Waals surface area contributed by atoms with E-state index in [2.05, 4.69) is 9.88 Å². The summed E-state index contributed by atoms with van der Waals surface area (Å²) >= 11 is 0. The number of pyridine rings is 1. The number of nitrogens with two attached hydrogens (primary N) is 1. The van der Waals surface area contributed by atoms with Crippen LogP contribution in [0.25, 0.3) is 0 Å². The van der Waals surface area contributed by atoms with E-state index in [9.17, 15) is 10.1 Å². The van der Waals surface area contributed by atoms with Crippen molar-refractivity contribution < 1.29 is 4.92 Å². The van der Waals surface area contributed by atoms with Gasteiger partial charge in [0.2, 0.25) is 0 Å². The van der Waals surface area contributed by atoms with Crippen molar-refractivity contribution in [2.24, 2.45) is 11.7 Å². The van der Waals surface area contributed by atoms with E-state index in [1.165, 1.54) is 12.3 Å². The average molecular weight is 250 g/mol. The zero-order valence-electron chi connectivity index (χ0n) is 10.5. The smallest absolute Gasteiger partial charge is 0.287 e. The molecule has 2 rings (SSSR count). The molecule has 1 saturated heterocycles. The Morgan fingerprint density at radius 2 is 2.39 bits per heavy atom. The molecule has 1 fully saturated rings. The molecule has 0 spiro atoms. The minimum atomic E-state index is -0.433. The van der Waals surface area contributed by atoms with E-state index >= 15 is 0 Å². The lowest BCUT2D eigenvalue weighted by atomic mass is 9.92. The molecule has 0 aliphatic carbocycles. The van der Waals surface area contributed by atoms with Crippen LogP contribution in [0.5, 0.6) is 0 Å². The summed E-state index contributed by atoms with van der Waals surface area (Å²) in [6.45, 7) is 3.84. The molecule has 0 radical (unpaired) electrons. The van der Waals surface area contributed by atoms with Crippen LogP contribution in [0.4, 0.5) is 11.5 Å². The van der Waals surface area contributed by atoms with Gasteiger partial charge in [-0.05, 0) is 31.7 Å². The number of nitro groups is 1. The van der Waals surface area contributed by atoms with E-state index in [4.69, 9.17) is 5.73 Å². The fraction of sp³-hybridized carbons (Fsp3) is 0.583. The maximum absolute atomic E-state index is 10.6. The highest BCUT2D eigenvalue weighted by Gasteiger charge is 2.23. The van der Waals surface area contributed by atoms with Gasteiger partial charge in [0.1, 0.15) is 12.0 Å². The first-order chi connectivity index (χ1) is 8.58. The SMILES string of the molecule is CC(N)C1CCCN(c2ccc([N+](=O)[O-])cn2)C1.